The van der Waals surface area contributed by atoms with E-state index in [-0.39, 0.29) is 23.6 Å². The van der Waals surface area contributed by atoms with Crippen molar-refractivity contribution in [3.8, 4) is 0 Å². The predicted molar refractivity (Wildman–Crippen MR) is 106 cm³/mol. The minimum absolute atomic E-state index is 0.0126. The number of esters is 1. The standard InChI is InChI=1S/C24H30O4/c1-16(25)26-12-4-10-24-11-9-19-18-6-3-2-5-17(18)7-8-20(19)21(24)15-22-23(24)28-14-13-27-22/h2-6,10,19-23H,7-9,11-15H2,1H3/t19-,20-,21+,22?,23?,24+/m1/s1. The molecule has 1 aromatic carbocycles. The Balaban J connectivity index is 1.47. The Kier molecular flexibility index (Phi) is 4.80. The third-order valence-corrected chi connectivity index (χ3v) is 7.69. The maximum atomic E-state index is 11.2. The molecule has 2 saturated carbocycles. The highest BCUT2D eigenvalue weighted by atomic mass is 16.6. The van der Waals surface area contributed by atoms with E-state index in [0.717, 1.165) is 12.8 Å². The van der Waals surface area contributed by atoms with Crippen LogP contribution in [0.1, 0.15) is 49.7 Å². The third-order valence-electron chi connectivity index (χ3n) is 7.69. The first-order valence-electron chi connectivity index (χ1n) is 10.8. The van der Waals surface area contributed by atoms with Crippen LogP contribution in [0.5, 0.6) is 0 Å². The number of carbonyl (C=O) groups is 1. The van der Waals surface area contributed by atoms with E-state index < -0.39 is 0 Å². The Morgan fingerprint density at radius 3 is 3.00 bits per heavy atom. The summed E-state index contributed by atoms with van der Waals surface area (Å²) in [6.07, 6.45) is 10.6. The lowest BCUT2D eigenvalue weighted by molar-refractivity contribution is -0.155. The van der Waals surface area contributed by atoms with Gasteiger partial charge in [0, 0.05) is 12.3 Å². The van der Waals surface area contributed by atoms with Crippen molar-refractivity contribution >= 4 is 5.97 Å². The molecule has 3 fully saturated rings. The van der Waals surface area contributed by atoms with Crippen molar-refractivity contribution in [1.29, 1.82) is 0 Å². The average Bonchev–Trinajstić information content (AvgIpc) is 3.06. The van der Waals surface area contributed by atoms with E-state index in [1.165, 1.54) is 26.2 Å². The Hall–Kier alpha value is -1.65. The van der Waals surface area contributed by atoms with Gasteiger partial charge in [0.1, 0.15) is 6.61 Å². The molecular formula is C24H30O4. The SMILES string of the molecule is CC(=O)OCC=C[C@]12CC[C@@H]3c4ccccc4CC[C@H]3[C@@H]1CC1OCCOC12. The molecule has 1 aromatic rings. The van der Waals surface area contributed by atoms with Crippen molar-refractivity contribution in [3.05, 3.63) is 47.5 Å². The molecule has 6 atom stereocenters. The van der Waals surface area contributed by atoms with Crippen molar-refractivity contribution in [2.24, 2.45) is 17.3 Å². The number of fused-ring (bicyclic) bond motifs is 7. The van der Waals surface area contributed by atoms with Gasteiger partial charge in [0.05, 0.1) is 25.4 Å². The van der Waals surface area contributed by atoms with Gasteiger partial charge in [-0.2, -0.15) is 0 Å². The topological polar surface area (TPSA) is 44.8 Å². The fourth-order valence-electron chi connectivity index (χ4n) is 6.71. The smallest absolute Gasteiger partial charge is 0.302 e. The molecule has 150 valence electrons. The minimum Gasteiger partial charge on any atom is -0.462 e. The van der Waals surface area contributed by atoms with Gasteiger partial charge in [0.25, 0.3) is 0 Å². The summed E-state index contributed by atoms with van der Waals surface area (Å²) in [7, 11) is 0. The van der Waals surface area contributed by atoms with Crippen LogP contribution in [0, 0.1) is 17.3 Å². The molecule has 1 heterocycles. The van der Waals surface area contributed by atoms with Gasteiger partial charge >= 0.3 is 5.97 Å². The monoisotopic (exact) mass is 382 g/mol. The minimum atomic E-state index is -0.229. The molecule has 1 saturated heterocycles. The fraction of sp³-hybridized carbons (Fsp3) is 0.625. The molecule has 5 rings (SSSR count). The molecule has 1 aliphatic heterocycles. The van der Waals surface area contributed by atoms with E-state index in [1.54, 1.807) is 11.1 Å². The summed E-state index contributed by atoms with van der Waals surface area (Å²) >= 11 is 0. The molecule has 2 unspecified atom stereocenters. The number of aryl methyl sites for hydroxylation is 1. The van der Waals surface area contributed by atoms with Crippen molar-refractivity contribution < 1.29 is 19.0 Å². The molecule has 0 aromatic heterocycles. The lowest BCUT2D eigenvalue weighted by Crippen LogP contribution is -2.48. The molecule has 0 N–H and O–H groups in total. The quantitative estimate of drug-likeness (QED) is 0.585. The second kappa shape index (κ2) is 7.31. The van der Waals surface area contributed by atoms with Crippen LogP contribution in [-0.4, -0.2) is 38.0 Å². The van der Waals surface area contributed by atoms with Crippen LogP contribution >= 0.6 is 0 Å². The summed E-state index contributed by atoms with van der Waals surface area (Å²) in [5.74, 6) is 1.68. The molecule has 4 nitrogen and oxygen atoms in total. The van der Waals surface area contributed by atoms with Gasteiger partial charge in [0.15, 0.2) is 0 Å². The third kappa shape index (κ3) is 2.93. The summed E-state index contributed by atoms with van der Waals surface area (Å²) in [5.41, 5.74) is 3.14. The maximum Gasteiger partial charge on any atom is 0.302 e. The zero-order chi connectivity index (χ0) is 19.1. The normalized spacial score (nSPS) is 39.0. The first-order valence-corrected chi connectivity index (χ1v) is 10.8. The maximum absolute atomic E-state index is 11.2. The summed E-state index contributed by atoms with van der Waals surface area (Å²) in [6, 6.07) is 9.04. The highest BCUT2D eigenvalue weighted by molar-refractivity contribution is 5.66. The largest absolute Gasteiger partial charge is 0.462 e. The first kappa shape index (κ1) is 18.4. The van der Waals surface area contributed by atoms with Crippen molar-refractivity contribution in [3.63, 3.8) is 0 Å². The Bertz CT molecular complexity index is 772. The van der Waals surface area contributed by atoms with Crippen LogP contribution in [0.3, 0.4) is 0 Å². The molecule has 0 bridgehead atoms. The van der Waals surface area contributed by atoms with Crippen molar-refractivity contribution in [2.75, 3.05) is 19.8 Å². The van der Waals surface area contributed by atoms with Crippen molar-refractivity contribution in [1.82, 2.24) is 0 Å². The van der Waals surface area contributed by atoms with Crippen molar-refractivity contribution in [2.45, 2.75) is 57.2 Å². The van der Waals surface area contributed by atoms with Crippen LogP contribution in [-0.2, 0) is 25.4 Å². The number of carbonyl (C=O) groups excluding carboxylic acids is 1. The molecule has 28 heavy (non-hydrogen) atoms. The van der Waals surface area contributed by atoms with Crippen LogP contribution in [0.4, 0.5) is 0 Å². The summed E-state index contributed by atoms with van der Waals surface area (Å²) in [6.45, 7) is 3.20. The predicted octanol–water partition coefficient (Wildman–Crippen LogP) is 4.04. The average molecular weight is 383 g/mol. The molecule has 4 heteroatoms. The van der Waals surface area contributed by atoms with Gasteiger partial charge in [-0.25, -0.2) is 0 Å². The first-order chi connectivity index (χ1) is 13.7. The van der Waals surface area contributed by atoms with E-state index in [4.69, 9.17) is 14.2 Å². The lowest BCUT2D eigenvalue weighted by Gasteiger charge is -2.51. The van der Waals surface area contributed by atoms with E-state index in [2.05, 4.69) is 30.3 Å². The van der Waals surface area contributed by atoms with Gasteiger partial charge < -0.3 is 14.2 Å². The number of ether oxygens (including phenoxy) is 3. The van der Waals surface area contributed by atoms with Gasteiger partial charge in [-0.05, 0) is 61.0 Å². The number of hydrogen-bond donors (Lipinski definition) is 0. The van der Waals surface area contributed by atoms with E-state index in [9.17, 15) is 4.79 Å². The highest BCUT2D eigenvalue weighted by Crippen LogP contribution is 2.63. The van der Waals surface area contributed by atoms with Gasteiger partial charge in [0.2, 0.25) is 0 Å². The molecule has 0 radical (unpaired) electrons. The number of rotatable bonds is 3. The Labute approximate surface area is 167 Å². The Morgan fingerprint density at radius 1 is 1.25 bits per heavy atom. The van der Waals surface area contributed by atoms with Gasteiger partial charge in [-0.3, -0.25) is 4.79 Å². The van der Waals surface area contributed by atoms with Crippen LogP contribution in [0.15, 0.2) is 36.4 Å². The van der Waals surface area contributed by atoms with Crippen LogP contribution in [0.25, 0.3) is 0 Å². The second-order valence-electron chi connectivity index (χ2n) is 8.91. The van der Waals surface area contributed by atoms with Crippen LogP contribution in [0.2, 0.25) is 0 Å². The fourth-order valence-corrected chi connectivity index (χ4v) is 6.71. The molecular weight excluding hydrogens is 352 g/mol. The number of hydrogen-bond acceptors (Lipinski definition) is 4. The van der Waals surface area contributed by atoms with Gasteiger partial charge in [-0.15, -0.1) is 0 Å². The summed E-state index contributed by atoms with van der Waals surface area (Å²) < 4.78 is 17.7. The zero-order valence-corrected chi connectivity index (χ0v) is 16.6. The van der Waals surface area contributed by atoms with E-state index in [1.807, 2.05) is 6.08 Å². The summed E-state index contributed by atoms with van der Waals surface area (Å²) in [5, 5.41) is 0. The molecule has 0 amide bonds. The lowest BCUT2D eigenvalue weighted by atomic mass is 9.54. The van der Waals surface area contributed by atoms with E-state index >= 15 is 0 Å². The number of benzene rings is 1. The molecule has 4 aliphatic rings. The highest BCUT2D eigenvalue weighted by Gasteiger charge is 2.61. The summed E-state index contributed by atoms with van der Waals surface area (Å²) in [4.78, 5) is 11.2. The Morgan fingerprint density at radius 2 is 2.11 bits per heavy atom. The van der Waals surface area contributed by atoms with Crippen LogP contribution < -0.4 is 0 Å². The van der Waals surface area contributed by atoms with E-state index in [0.29, 0.717) is 37.6 Å². The molecule has 3 aliphatic carbocycles. The second-order valence-corrected chi connectivity index (χ2v) is 8.91. The zero-order valence-electron chi connectivity index (χ0n) is 16.6. The van der Waals surface area contributed by atoms with Gasteiger partial charge in [-0.1, -0.05) is 36.4 Å². The molecule has 0 spiro atoms.